The van der Waals surface area contributed by atoms with Crippen molar-refractivity contribution >= 4 is 38.5 Å². The summed E-state index contributed by atoms with van der Waals surface area (Å²) in [7, 11) is -10.9. The first-order valence-electron chi connectivity index (χ1n) is 16.0. The summed E-state index contributed by atoms with van der Waals surface area (Å²) < 4.78 is 46.6. The number of hydrogen-bond donors (Lipinski definition) is 7. The number of imidazole rings is 1. The quantitative estimate of drug-likeness (QED) is 0.0715. The van der Waals surface area contributed by atoms with Gasteiger partial charge >= 0.3 is 7.82 Å². The Morgan fingerprint density at radius 2 is 1.75 bits per heavy atom. The smallest absolute Gasteiger partial charge is 0.478 e. The molecule has 23 heteroatoms. The van der Waals surface area contributed by atoms with Gasteiger partial charge in [0.05, 0.1) is 25.6 Å². The van der Waals surface area contributed by atoms with E-state index in [2.05, 4.69) is 44.9 Å². The summed E-state index contributed by atoms with van der Waals surface area (Å²) in [5, 5.41) is 41.8. The van der Waals surface area contributed by atoms with Crippen LogP contribution in [-0.2, 0) is 27.2 Å². The number of aliphatic hydroxyl groups is 4. The summed E-state index contributed by atoms with van der Waals surface area (Å²) in [4.78, 5) is 48.1. The second-order valence-corrected chi connectivity index (χ2v) is 14.8. The third kappa shape index (κ3) is 9.91. The van der Waals surface area contributed by atoms with Crippen molar-refractivity contribution in [3.8, 4) is 0 Å². The summed E-state index contributed by atoms with van der Waals surface area (Å²) >= 11 is 0. The number of anilines is 1. The van der Waals surface area contributed by atoms with Crippen molar-refractivity contribution < 1.29 is 66.8 Å². The molecule has 284 valence electrons. The van der Waals surface area contributed by atoms with E-state index in [0.29, 0.717) is 0 Å². The number of ether oxygens (including phenoxy) is 1. The Bertz CT molecular complexity index is 1730. The fourth-order valence-electron chi connectivity index (χ4n) is 5.76. The van der Waals surface area contributed by atoms with Crippen LogP contribution < -0.4 is 20.9 Å². The standard InChI is InChI=1S/C22H29N7O13P2.C6H15N/c23-19-14-21(26-8-25-19)29(9-27-14)22-18(33)17(32)13(41-22)7-40-44(37,38)42-43(35,36)39-6-11-4-12(16(31)15(11)30)28-3-1-2-10(5-28)20(24)34;1-4-7(5-2)6-3/h1-3,5,8-9,11-13,15-18,22,30-33H,4,6-7H2,(H5-,23,24,25,26,34,35,36,37,38);4-6H2,1-3H3/t11-,12-,13-,15-,16+,17-,18-,22-;/m1./s1. The van der Waals surface area contributed by atoms with E-state index in [9.17, 15) is 44.1 Å². The van der Waals surface area contributed by atoms with E-state index in [-0.39, 0.29) is 29.0 Å². The van der Waals surface area contributed by atoms with Gasteiger partial charge in [0.2, 0.25) is 0 Å². The van der Waals surface area contributed by atoms with Gasteiger partial charge in [0.1, 0.15) is 41.8 Å². The Balaban J connectivity index is 0.000000755. The zero-order valence-electron chi connectivity index (χ0n) is 28.1. The van der Waals surface area contributed by atoms with Crippen LogP contribution in [0.5, 0.6) is 0 Å². The molecule has 3 aromatic rings. The molecule has 1 aliphatic carbocycles. The molecule has 1 aliphatic heterocycles. The van der Waals surface area contributed by atoms with Crippen LogP contribution in [0.25, 0.3) is 11.2 Å². The van der Waals surface area contributed by atoms with Crippen molar-refractivity contribution in [2.45, 2.75) is 70.0 Å². The zero-order valence-corrected chi connectivity index (χ0v) is 29.8. The van der Waals surface area contributed by atoms with Gasteiger partial charge in [0, 0.05) is 18.4 Å². The normalized spacial score (nSPS) is 28.7. The molecule has 1 saturated heterocycles. The zero-order chi connectivity index (χ0) is 37.7. The molecule has 2 unspecified atom stereocenters. The summed E-state index contributed by atoms with van der Waals surface area (Å²) in [6.07, 6.45) is -3.54. The lowest BCUT2D eigenvalue weighted by atomic mass is 10.1. The summed E-state index contributed by atoms with van der Waals surface area (Å²) in [5.41, 5.74) is 11.5. The number of phosphoric acid groups is 2. The Morgan fingerprint density at radius 1 is 1.06 bits per heavy atom. The van der Waals surface area contributed by atoms with Crippen LogP contribution in [0.15, 0.2) is 37.2 Å². The SMILES string of the molecule is CCN(CC)CC.NC(=O)c1ccc[n+]([C@@H]2C[C@H](COP(=O)([O-])OP(=O)(O)OC[C@H]3O[C@@H](n4cnc5c(N)ncnc54)[C@H](O)[C@@H]3O)[C@@H](O)[C@H]2O)c1. The molecule has 9 N–H and O–H groups in total. The van der Waals surface area contributed by atoms with Crippen molar-refractivity contribution in [1.82, 2.24) is 24.4 Å². The van der Waals surface area contributed by atoms with Gasteiger partial charge in [0.25, 0.3) is 13.7 Å². The van der Waals surface area contributed by atoms with E-state index in [1.165, 1.54) is 59.6 Å². The van der Waals surface area contributed by atoms with Crippen LogP contribution >= 0.6 is 15.6 Å². The lowest BCUT2D eigenvalue weighted by molar-refractivity contribution is -0.728. The fraction of sp³-hybridized carbons (Fsp3) is 0.607. The minimum atomic E-state index is -5.54. The Hall–Kier alpha value is -3.01. The molecule has 4 heterocycles. The predicted molar refractivity (Wildman–Crippen MR) is 174 cm³/mol. The van der Waals surface area contributed by atoms with Crippen molar-refractivity contribution in [3.05, 3.63) is 42.7 Å². The lowest BCUT2D eigenvalue weighted by Crippen LogP contribution is -2.45. The van der Waals surface area contributed by atoms with Crippen molar-refractivity contribution in [2.24, 2.45) is 11.7 Å². The molecule has 1 amide bonds. The highest BCUT2D eigenvalue weighted by molar-refractivity contribution is 7.60. The third-order valence-electron chi connectivity index (χ3n) is 8.65. The number of fused-ring (bicyclic) bond motifs is 1. The number of aromatic nitrogens is 5. The Labute approximate surface area is 292 Å². The average molecular weight is 763 g/mol. The maximum absolute atomic E-state index is 12.4. The number of nitrogens with zero attached hydrogens (tertiary/aromatic N) is 6. The molecule has 0 aromatic carbocycles. The molecule has 0 spiro atoms. The topological polar surface area (TPSA) is 315 Å². The molecule has 0 radical (unpaired) electrons. The van der Waals surface area contributed by atoms with Crippen LogP contribution in [-0.4, -0.2) is 119 Å². The molecule has 5 rings (SSSR count). The first-order chi connectivity index (χ1) is 24.0. The third-order valence-corrected chi connectivity index (χ3v) is 11.2. The predicted octanol–water partition coefficient (Wildman–Crippen LogP) is -1.64. The highest BCUT2D eigenvalue weighted by atomic mass is 31.3. The number of nitrogens with two attached hydrogens (primary N) is 2. The Morgan fingerprint density at radius 3 is 2.37 bits per heavy atom. The van der Waals surface area contributed by atoms with Crippen molar-refractivity contribution in [1.29, 1.82) is 0 Å². The molecule has 1 saturated carbocycles. The van der Waals surface area contributed by atoms with Gasteiger partial charge in [-0.05, 0) is 25.7 Å². The van der Waals surface area contributed by atoms with Crippen LogP contribution in [0.4, 0.5) is 5.82 Å². The monoisotopic (exact) mass is 762 g/mol. The molecule has 2 aliphatic rings. The van der Waals surface area contributed by atoms with Gasteiger partial charge in [-0.2, -0.15) is 4.57 Å². The van der Waals surface area contributed by atoms with E-state index in [4.69, 9.17) is 25.3 Å². The van der Waals surface area contributed by atoms with E-state index < -0.39 is 83.5 Å². The van der Waals surface area contributed by atoms with Gasteiger partial charge < -0.3 is 55.8 Å². The lowest BCUT2D eigenvalue weighted by Gasteiger charge is -2.27. The number of pyridine rings is 1. The highest BCUT2D eigenvalue weighted by Crippen LogP contribution is 2.58. The number of carbonyl (C=O) groups is 1. The molecule has 10 atom stereocenters. The minimum absolute atomic E-state index is 0.00622. The Kier molecular flexibility index (Phi) is 13.8. The second kappa shape index (κ2) is 17.2. The summed E-state index contributed by atoms with van der Waals surface area (Å²) in [5.74, 6) is -1.63. The van der Waals surface area contributed by atoms with Crippen LogP contribution in [0.3, 0.4) is 0 Å². The largest absolute Gasteiger partial charge is 0.756 e. The van der Waals surface area contributed by atoms with E-state index in [1.54, 1.807) is 0 Å². The number of carbonyl (C=O) groups excluding carboxylic acids is 1. The molecule has 21 nitrogen and oxygen atoms in total. The minimum Gasteiger partial charge on any atom is -0.756 e. The molecular weight excluding hydrogens is 718 g/mol. The first kappa shape index (κ1) is 40.8. The van der Waals surface area contributed by atoms with Crippen LogP contribution in [0, 0.1) is 5.92 Å². The maximum Gasteiger partial charge on any atom is 0.478 e. The first-order valence-corrected chi connectivity index (χ1v) is 19.0. The number of nitrogen functional groups attached to an aromatic ring is 1. The average Bonchev–Trinajstić information content (AvgIpc) is 3.73. The number of rotatable bonds is 14. The molecule has 2 fully saturated rings. The number of aliphatic hydroxyl groups excluding tert-OH is 4. The molecular formula is C28H44N8O13P2. The highest BCUT2D eigenvalue weighted by Gasteiger charge is 2.48. The number of hydrogen-bond acceptors (Lipinski definition) is 17. The molecule has 51 heavy (non-hydrogen) atoms. The van der Waals surface area contributed by atoms with Crippen molar-refractivity contribution in [2.75, 3.05) is 38.6 Å². The second-order valence-electron chi connectivity index (χ2n) is 11.8. The number of amides is 1. The maximum atomic E-state index is 12.4. The molecule has 0 bridgehead atoms. The van der Waals surface area contributed by atoms with Gasteiger partial charge in [-0.25, -0.2) is 23.8 Å². The summed E-state index contributed by atoms with van der Waals surface area (Å²) in [6.45, 7) is 8.49. The van der Waals surface area contributed by atoms with Crippen LogP contribution in [0.1, 0.15) is 49.8 Å². The number of primary amides is 1. The van der Waals surface area contributed by atoms with E-state index in [0.717, 1.165) is 6.33 Å². The van der Waals surface area contributed by atoms with Crippen LogP contribution in [0.2, 0.25) is 0 Å². The number of phosphoric ester groups is 2. The van der Waals surface area contributed by atoms with Gasteiger partial charge in [-0.1, -0.05) is 20.8 Å². The van der Waals surface area contributed by atoms with Gasteiger partial charge in [-0.3, -0.25) is 18.5 Å². The summed E-state index contributed by atoms with van der Waals surface area (Å²) in [6, 6.07) is 2.17. The fourth-order valence-corrected chi connectivity index (χ4v) is 7.85. The van der Waals surface area contributed by atoms with Crippen molar-refractivity contribution in [3.63, 3.8) is 0 Å². The molecule has 3 aromatic heterocycles. The van der Waals surface area contributed by atoms with E-state index in [1.807, 2.05) is 0 Å². The van der Waals surface area contributed by atoms with Gasteiger partial charge in [0.15, 0.2) is 36.1 Å². The van der Waals surface area contributed by atoms with E-state index >= 15 is 0 Å². The van der Waals surface area contributed by atoms with Gasteiger partial charge in [-0.15, -0.1) is 0 Å².